The number of aromatic nitrogens is 2. The molecule has 1 aliphatic heterocycles. The Morgan fingerprint density at radius 1 is 1.03 bits per heavy atom. The predicted molar refractivity (Wildman–Crippen MR) is 126 cm³/mol. The molecule has 2 N–H and O–H groups in total. The summed E-state index contributed by atoms with van der Waals surface area (Å²) in [6.45, 7) is 4.23. The van der Waals surface area contributed by atoms with Crippen LogP contribution in [0.4, 0.5) is 5.82 Å². The summed E-state index contributed by atoms with van der Waals surface area (Å²) in [6, 6.07) is 15.6. The number of aryl methyl sites for hydroxylation is 3. The Balaban J connectivity index is 1.49. The number of sulfone groups is 1. The van der Waals surface area contributed by atoms with E-state index in [0.29, 0.717) is 29.9 Å². The number of amides is 2. The molecule has 3 aromatic rings. The van der Waals surface area contributed by atoms with Crippen molar-refractivity contribution in [1.29, 1.82) is 0 Å². The van der Waals surface area contributed by atoms with Crippen molar-refractivity contribution in [3.05, 3.63) is 76.5 Å². The third-order valence-corrected chi connectivity index (χ3v) is 7.02. The van der Waals surface area contributed by atoms with E-state index in [1.54, 1.807) is 0 Å². The molecule has 4 rings (SSSR count). The number of anilines is 1. The summed E-state index contributed by atoms with van der Waals surface area (Å²) in [5.74, 6) is -1.81. The first-order valence-electron chi connectivity index (χ1n) is 10.8. The Labute approximate surface area is 192 Å². The second-order valence-electron chi connectivity index (χ2n) is 8.31. The molecule has 2 amide bonds. The van der Waals surface area contributed by atoms with E-state index in [0.717, 1.165) is 23.1 Å². The Kier molecular flexibility index (Phi) is 6.33. The molecule has 0 saturated heterocycles. The molecule has 0 aliphatic carbocycles. The number of carbonyl (C=O) groups excluding carboxylic acids is 2. The van der Waals surface area contributed by atoms with E-state index in [4.69, 9.17) is 0 Å². The van der Waals surface area contributed by atoms with Crippen molar-refractivity contribution in [3.63, 3.8) is 0 Å². The molecule has 2 aromatic carbocycles. The minimum Gasteiger partial charge on any atom is -0.348 e. The molecule has 0 bridgehead atoms. The van der Waals surface area contributed by atoms with Crippen LogP contribution in [0.15, 0.2) is 48.5 Å². The molecule has 0 atom stereocenters. The minimum atomic E-state index is -3.33. The van der Waals surface area contributed by atoms with Crippen molar-refractivity contribution >= 4 is 27.5 Å². The van der Waals surface area contributed by atoms with Gasteiger partial charge in [0.25, 0.3) is 0 Å². The lowest BCUT2D eigenvalue weighted by Crippen LogP contribution is -2.36. The first-order chi connectivity index (χ1) is 15.7. The lowest BCUT2D eigenvalue weighted by atomic mass is 10.1. The Morgan fingerprint density at radius 3 is 2.52 bits per heavy atom. The standard InChI is InChI=1S/C24H26N4O4S/c1-16-10-11-21(17(2)13-16)28-22(19-14-33(31,32)15-20(19)27-28)26-24(30)23(29)25-12-6-9-18-7-4-3-5-8-18/h3-5,7-8,10-11,13H,6,9,12,14-15H2,1-2H3,(H,25,29)(H,26,30). The van der Waals surface area contributed by atoms with Crippen LogP contribution in [0.3, 0.4) is 0 Å². The number of hydrogen-bond acceptors (Lipinski definition) is 5. The van der Waals surface area contributed by atoms with Gasteiger partial charge in [0.1, 0.15) is 5.82 Å². The van der Waals surface area contributed by atoms with Crippen LogP contribution in [0.1, 0.15) is 34.4 Å². The van der Waals surface area contributed by atoms with E-state index in [1.165, 1.54) is 4.68 Å². The number of nitrogens with one attached hydrogen (secondary N) is 2. The van der Waals surface area contributed by atoms with Crippen LogP contribution in [-0.4, -0.2) is 36.6 Å². The summed E-state index contributed by atoms with van der Waals surface area (Å²) in [5, 5.41) is 9.70. The van der Waals surface area contributed by atoms with Crippen molar-refractivity contribution in [2.45, 2.75) is 38.2 Å². The zero-order chi connectivity index (χ0) is 23.6. The highest BCUT2D eigenvalue weighted by atomic mass is 32.2. The van der Waals surface area contributed by atoms with Gasteiger partial charge in [0, 0.05) is 12.1 Å². The fraction of sp³-hybridized carbons (Fsp3) is 0.292. The average molecular weight is 467 g/mol. The topological polar surface area (TPSA) is 110 Å². The molecule has 0 unspecified atom stereocenters. The summed E-state index contributed by atoms with van der Waals surface area (Å²) in [6.07, 6.45) is 1.48. The zero-order valence-electron chi connectivity index (χ0n) is 18.6. The van der Waals surface area contributed by atoms with Gasteiger partial charge in [-0.15, -0.1) is 0 Å². The first kappa shape index (κ1) is 22.7. The Bertz CT molecular complexity index is 1310. The molecule has 0 saturated carbocycles. The number of nitrogens with zero attached hydrogens (tertiary/aromatic N) is 2. The van der Waals surface area contributed by atoms with Crippen molar-refractivity contribution in [1.82, 2.24) is 15.1 Å². The maximum atomic E-state index is 12.6. The second kappa shape index (κ2) is 9.19. The molecule has 8 nitrogen and oxygen atoms in total. The maximum absolute atomic E-state index is 12.6. The first-order valence-corrected chi connectivity index (χ1v) is 12.6. The summed E-state index contributed by atoms with van der Waals surface area (Å²) in [7, 11) is -3.33. The third kappa shape index (κ3) is 5.14. The molecule has 1 aliphatic rings. The van der Waals surface area contributed by atoms with Gasteiger partial charge in [-0.05, 0) is 43.9 Å². The van der Waals surface area contributed by atoms with Gasteiger partial charge < -0.3 is 10.6 Å². The fourth-order valence-electron chi connectivity index (χ4n) is 3.97. The zero-order valence-corrected chi connectivity index (χ0v) is 19.4. The van der Waals surface area contributed by atoms with E-state index in [-0.39, 0.29) is 17.3 Å². The number of hydrogen-bond donors (Lipinski definition) is 2. The molecular formula is C24H26N4O4S. The van der Waals surface area contributed by atoms with E-state index in [1.807, 2.05) is 62.4 Å². The lowest BCUT2D eigenvalue weighted by Gasteiger charge is -2.13. The molecule has 2 heterocycles. The van der Waals surface area contributed by atoms with Crippen LogP contribution in [0.2, 0.25) is 0 Å². The normalized spacial score (nSPS) is 14.0. The van der Waals surface area contributed by atoms with E-state index >= 15 is 0 Å². The second-order valence-corrected chi connectivity index (χ2v) is 10.4. The average Bonchev–Trinajstić information content (AvgIpc) is 3.24. The number of benzene rings is 2. The quantitative estimate of drug-likeness (QED) is 0.429. The summed E-state index contributed by atoms with van der Waals surface area (Å²) in [4.78, 5) is 25.0. The Hall–Kier alpha value is -3.46. The van der Waals surface area contributed by atoms with Gasteiger partial charge in [-0.25, -0.2) is 13.1 Å². The van der Waals surface area contributed by atoms with Crippen LogP contribution < -0.4 is 10.6 Å². The smallest absolute Gasteiger partial charge is 0.314 e. The number of rotatable bonds is 6. The number of fused-ring (bicyclic) bond motifs is 1. The van der Waals surface area contributed by atoms with Gasteiger partial charge in [-0.1, -0.05) is 48.0 Å². The predicted octanol–water partition coefficient (Wildman–Crippen LogP) is 2.61. The molecule has 1 aromatic heterocycles. The van der Waals surface area contributed by atoms with Gasteiger partial charge in [-0.3, -0.25) is 9.59 Å². The summed E-state index contributed by atoms with van der Waals surface area (Å²) in [5.41, 5.74) is 4.68. The largest absolute Gasteiger partial charge is 0.348 e. The lowest BCUT2D eigenvalue weighted by molar-refractivity contribution is -0.136. The fourth-order valence-corrected chi connectivity index (χ4v) is 5.47. The van der Waals surface area contributed by atoms with Crippen molar-refractivity contribution < 1.29 is 18.0 Å². The van der Waals surface area contributed by atoms with E-state index in [2.05, 4.69) is 15.7 Å². The van der Waals surface area contributed by atoms with Gasteiger partial charge in [0.05, 0.1) is 22.9 Å². The molecule has 0 spiro atoms. The number of carbonyl (C=O) groups is 2. The monoisotopic (exact) mass is 466 g/mol. The molecule has 0 radical (unpaired) electrons. The highest BCUT2D eigenvalue weighted by molar-refractivity contribution is 7.90. The van der Waals surface area contributed by atoms with Crippen molar-refractivity contribution in [2.24, 2.45) is 0 Å². The van der Waals surface area contributed by atoms with Gasteiger partial charge in [0.15, 0.2) is 9.84 Å². The van der Waals surface area contributed by atoms with Crippen LogP contribution in [0.5, 0.6) is 0 Å². The third-order valence-electron chi connectivity index (χ3n) is 5.58. The minimum absolute atomic E-state index is 0.186. The van der Waals surface area contributed by atoms with Crippen LogP contribution in [0, 0.1) is 13.8 Å². The molecule has 172 valence electrons. The molecule has 9 heteroatoms. The van der Waals surface area contributed by atoms with Gasteiger partial charge in [-0.2, -0.15) is 5.10 Å². The van der Waals surface area contributed by atoms with Gasteiger partial charge >= 0.3 is 11.8 Å². The maximum Gasteiger partial charge on any atom is 0.314 e. The van der Waals surface area contributed by atoms with E-state index < -0.39 is 21.7 Å². The van der Waals surface area contributed by atoms with E-state index in [9.17, 15) is 18.0 Å². The summed E-state index contributed by atoms with van der Waals surface area (Å²) < 4.78 is 25.8. The molecular weight excluding hydrogens is 440 g/mol. The van der Waals surface area contributed by atoms with Crippen LogP contribution >= 0.6 is 0 Å². The van der Waals surface area contributed by atoms with Crippen molar-refractivity contribution in [3.8, 4) is 5.69 Å². The molecule has 33 heavy (non-hydrogen) atoms. The Morgan fingerprint density at radius 2 is 1.79 bits per heavy atom. The van der Waals surface area contributed by atoms with Crippen LogP contribution in [0.25, 0.3) is 5.69 Å². The van der Waals surface area contributed by atoms with Crippen molar-refractivity contribution in [2.75, 3.05) is 11.9 Å². The summed E-state index contributed by atoms with van der Waals surface area (Å²) >= 11 is 0. The highest BCUT2D eigenvalue weighted by Gasteiger charge is 2.34. The van der Waals surface area contributed by atoms with Gasteiger partial charge in [0.2, 0.25) is 0 Å². The highest BCUT2D eigenvalue weighted by Crippen LogP contribution is 2.33. The van der Waals surface area contributed by atoms with Crippen LogP contribution in [-0.2, 0) is 37.4 Å². The molecule has 0 fully saturated rings. The SMILES string of the molecule is Cc1ccc(-n2nc3c(c2NC(=O)C(=O)NCCCc2ccccc2)CS(=O)(=O)C3)c(C)c1.